The summed E-state index contributed by atoms with van der Waals surface area (Å²) in [7, 11) is 4.26. The molecule has 10 aliphatic rings. The predicted octanol–water partition coefficient (Wildman–Crippen LogP) is 17.1. The maximum atomic E-state index is 13.5. The first kappa shape index (κ1) is 102. The summed E-state index contributed by atoms with van der Waals surface area (Å²) in [6.45, 7) is 29.5. The summed E-state index contributed by atoms with van der Waals surface area (Å²) in [5, 5.41) is 22.2. The van der Waals surface area contributed by atoms with Crippen molar-refractivity contribution in [3.8, 4) is 0 Å². The van der Waals surface area contributed by atoms with E-state index in [4.69, 9.17) is 51.1 Å². The molecule has 20 rings (SSSR count). The lowest BCUT2D eigenvalue weighted by Gasteiger charge is -2.32. The minimum Gasteiger partial charge on any atom is -0.378 e. The zero-order chi connectivity index (χ0) is 99.9. The van der Waals surface area contributed by atoms with Crippen LogP contribution in [0.25, 0.3) is 60.8 Å². The van der Waals surface area contributed by atoms with Crippen molar-refractivity contribution in [2.45, 2.75) is 53.9 Å². The maximum absolute atomic E-state index is 13.5. The number of piperazine rings is 2. The van der Waals surface area contributed by atoms with E-state index in [0.717, 1.165) is 187 Å². The van der Waals surface area contributed by atoms with Crippen LogP contribution in [-0.4, -0.2) is 278 Å². The summed E-state index contributed by atoms with van der Waals surface area (Å²) in [6, 6.07) is 37.0. The van der Waals surface area contributed by atoms with Gasteiger partial charge in [-0.25, -0.2) is 4.39 Å². The number of ether oxygens (including phenoxy) is 1. The number of likely N-dealkylation sites (N-methyl/N-ethyl adjacent to an activating group) is 2. The smallest absolute Gasteiger partial charge is 0.233 e. The van der Waals surface area contributed by atoms with Crippen molar-refractivity contribution in [2.75, 3.05) is 216 Å². The number of nitrogens with zero attached hydrogens (tertiary/aromatic N) is 27. The van der Waals surface area contributed by atoms with Gasteiger partial charge in [0.25, 0.3) is 0 Å². The number of nitrogens with one attached hydrogen (secondary N) is 6. The number of halogens is 5. The van der Waals surface area contributed by atoms with Gasteiger partial charge in [-0.2, -0.15) is 74.8 Å². The molecule has 5 saturated heterocycles. The standard InChI is InChI=1S/C24H28FN7.C21H24ClN7.C20H22ClN7.C20H21ClN6O.C20H21ClN6/c1-3-6-19-16-22(26-17-19)28-23-27-21(10-9-18-7-4-8-20(25)15-18)29-24(30-23)32-12-5-11-31(2)13-14-32;1-15-12-19(23-14-15)25-20-24-18(7-6-16-4-3-5-17(22)13-16)26-21(27-20)29-10-8-28(2)9-11-29;1-14-11-18(23-13-14)25-19-24-17(6-5-15-3-2-4-16(21)12-15)26-20(27-19)28-9-7-22-8-10-28;1-14-11-18(22-13-14)24-19-23-17(6-5-15-3-2-4-16(21)12-15)25-20(26-19)27-7-9-28-10-8-27;1-14-11-18(22-13-14)24-19-23-17(8-7-15-5-4-6-16(21)12-15)25-20(26-19)27-9-2-3-10-27/h3-4,6-10,15-16H,5,11-14,17H2,1-2H3,(H,26,27,28,29,30);3-7,12-13H,8-11,14H2,1-2H3,(H,23,24,25,26,27);2-6,11-12,22H,7-10,13H2,1H3,(H,23,24,25,26,27);2-6,11-12H,7-10,13H2,1H3,(H,22,23,24,25,26);4-8,11-12H,2-3,9-10,13H2,1H3,(H,22,23,24,25,26)/b6-3+,10-9+;7-6+;2*6-5+;8-7+. The molecule has 0 atom stereocenters. The molecular weight excluding hydrogens is 1900 g/mol. The van der Waals surface area contributed by atoms with Crippen molar-refractivity contribution in [1.29, 1.82) is 0 Å². The number of aliphatic imine (C=N–C) groups is 5. The summed E-state index contributed by atoms with van der Waals surface area (Å²) in [4.78, 5) is 107. The van der Waals surface area contributed by atoms with E-state index in [1.165, 1.54) is 34.4 Å². The average molecular weight is 2020 g/mol. The van der Waals surface area contributed by atoms with Crippen LogP contribution in [0.5, 0.6) is 0 Å². The highest BCUT2D eigenvalue weighted by atomic mass is 35.5. The molecule has 5 fully saturated rings. The second kappa shape index (κ2) is 51.5. The molecule has 144 heavy (non-hydrogen) atoms. The van der Waals surface area contributed by atoms with E-state index in [2.05, 4.69) is 201 Å². The van der Waals surface area contributed by atoms with Crippen molar-refractivity contribution in [3.05, 3.63) is 275 Å². The fourth-order valence-electron chi connectivity index (χ4n) is 15.8. The van der Waals surface area contributed by atoms with E-state index in [1.54, 1.807) is 18.2 Å². The molecule has 0 bridgehead atoms. The first-order valence-corrected chi connectivity index (χ1v) is 49.6. The molecule has 15 heterocycles. The van der Waals surface area contributed by atoms with Crippen molar-refractivity contribution in [2.24, 2.45) is 25.0 Å². The predicted molar refractivity (Wildman–Crippen MR) is 587 cm³/mol. The topological polar surface area (TPSA) is 359 Å². The maximum Gasteiger partial charge on any atom is 0.233 e. The number of anilines is 10. The number of amidine groups is 5. The molecule has 39 heteroatoms. The van der Waals surface area contributed by atoms with Crippen LogP contribution in [0.4, 0.5) is 63.9 Å². The molecule has 6 N–H and O–H groups in total. The Hall–Kier alpha value is -14.4. The highest BCUT2D eigenvalue weighted by Crippen LogP contribution is 2.27. The van der Waals surface area contributed by atoms with Gasteiger partial charge >= 0.3 is 0 Å². The van der Waals surface area contributed by atoms with Gasteiger partial charge in [-0.15, -0.1) is 0 Å². The van der Waals surface area contributed by atoms with Gasteiger partial charge in [-0.05, 0) is 252 Å². The highest BCUT2D eigenvalue weighted by Gasteiger charge is 2.26. The largest absolute Gasteiger partial charge is 0.378 e. The van der Waals surface area contributed by atoms with E-state index >= 15 is 0 Å². The zero-order valence-corrected chi connectivity index (χ0v) is 84.6. The molecule has 0 aliphatic carbocycles. The molecule has 742 valence electrons. The Morgan fingerprint density at radius 2 is 0.597 bits per heavy atom. The first-order valence-electron chi connectivity index (χ1n) is 48.1. The third-order valence-corrected chi connectivity index (χ3v) is 24.2. The molecule has 0 saturated carbocycles. The van der Waals surface area contributed by atoms with Gasteiger partial charge in [0.05, 0.1) is 45.9 Å². The number of allylic oxidation sites excluding steroid dienone is 1. The number of benzene rings is 5. The van der Waals surface area contributed by atoms with Crippen molar-refractivity contribution in [1.82, 2.24) is 89.9 Å². The molecule has 0 spiro atoms. The molecule has 5 aromatic heterocycles. The first-order chi connectivity index (χ1) is 70.1. The summed E-state index contributed by atoms with van der Waals surface area (Å²) >= 11 is 24.3. The van der Waals surface area contributed by atoms with Crippen LogP contribution in [0.15, 0.2) is 217 Å². The van der Waals surface area contributed by atoms with E-state index < -0.39 is 0 Å². The Balaban J connectivity index is 0.000000129. The Bertz CT molecular complexity index is 6560. The molecule has 0 radical (unpaired) electrons. The fraction of sp³-hybridized carbons (Fsp3) is 0.314. The summed E-state index contributed by atoms with van der Waals surface area (Å²) in [5.41, 5.74) is 10.7. The van der Waals surface area contributed by atoms with Gasteiger partial charge in [0.1, 0.15) is 35.0 Å². The molecule has 10 aromatic rings. The lowest BCUT2D eigenvalue weighted by atomic mass is 10.2. The van der Waals surface area contributed by atoms with Gasteiger partial charge < -0.3 is 70.9 Å². The van der Waals surface area contributed by atoms with Gasteiger partial charge in [0, 0.05) is 118 Å². The minimum atomic E-state index is -0.275. The van der Waals surface area contributed by atoms with Crippen LogP contribution >= 0.6 is 46.4 Å². The van der Waals surface area contributed by atoms with Crippen LogP contribution in [-0.2, 0) is 4.74 Å². The lowest BCUT2D eigenvalue weighted by molar-refractivity contribution is 0.122. The SMILES string of the molecule is C/C=C/C1=CC(Nc2nc(/C=C/c3cccc(F)c3)nc(N3CCCN(C)CC3)n2)=NC1.CC1=CC(Nc2nc(/C=C/c3cccc(Cl)c3)nc(N3CCCC3)n2)=NC1.CC1=CC(Nc2nc(/C=C/c3cccc(Cl)c3)nc(N3CCN(C)CC3)n2)=NC1.CC1=CC(Nc2nc(/C=C/c3cccc(Cl)c3)nc(N3CCNCC3)n2)=NC1.CC1=CC(Nc2nc(/C=C/c3cccc(Cl)c3)nc(N3CCOCC3)n2)=NC1. The summed E-state index contributed by atoms with van der Waals surface area (Å²) in [5.74, 6) is 12.2. The number of hydrogen-bond donors (Lipinski definition) is 6. The Morgan fingerprint density at radius 3 is 0.924 bits per heavy atom. The summed E-state index contributed by atoms with van der Waals surface area (Å²) in [6.07, 6.45) is 36.3. The van der Waals surface area contributed by atoms with E-state index in [0.29, 0.717) is 155 Å². The summed E-state index contributed by atoms with van der Waals surface area (Å²) < 4.78 is 19.0. The monoisotopic (exact) mass is 2010 g/mol. The quantitative estimate of drug-likeness (QED) is 0.0389. The molecule has 0 amide bonds. The number of aromatic nitrogens is 15. The van der Waals surface area contributed by atoms with Gasteiger partial charge in [-0.1, -0.05) is 150 Å². The molecule has 0 unspecified atom stereocenters. The molecule has 10 aliphatic heterocycles. The fourth-order valence-corrected chi connectivity index (χ4v) is 16.6. The highest BCUT2D eigenvalue weighted by molar-refractivity contribution is 6.31. The van der Waals surface area contributed by atoms with Crippen molar-refractivity contribution < 1.29 is 9.13 Å². The number of morpholine rings is 1. The third kappa shape index (κ3) is 32.0. The van der Waals surface area contributed by atoms with Crippen LogP contribution in [0.1, 0.15) is 111 Å². The van der Waals surface area contributed by atoms with Gasteiger partial charge in [0.15, 0.2) is 29.1 Å². The average Bonchev–Trinajstić information content (AvgIpc) is 0.945. The second-order valence-electron chi connectivity index (χ2n) is 35.3. The second-order valence-corrected chi connectivity index (χ2v) is 37.1. The Labute approximate surface area is 858 Å². The minimum absolute atomic E-state index is 0.275. The van der Waals surface area contributed by atoms with Gasteiger partial charge in [-0.3, -0.25) is 25.0 Å². The van der Waals surface area contributed by atoms with Crippen LogP contribution in [0.2, 0.25) is 20.1 Å². The Morgan fingerprint density at radius 1 is 0.306 bits per heavy atom. The lowest BCUT2D eigenvalue weighted by Crippen LogP contribution is -2.45. The Kier molecular flexibility index (Phi) is 36.6. The van der Waals surface area contributed by atoms with Crippen LogP contribution < -0.4 is 56.4 Å². The molecule has 5 aromatic carbocycles. The normalized spacial score (nSPS) is 17.2. The van der Waals surface area contributed by atoms with Crippen molar-refractivity contribution in [3.63, 3.8) is 0 Å². The zero-order valence-electron chi connectivity index (χ0n) is 81.6. The molecular formula is C105H116Cl4FN33O. The third-order valence-electron chi connectivity index (χ3n) is 23.3. The van der Waals surface area contributed by atoms with Gasteiger partial charge in [0.2, 0.25) is 59.5 Å². The number of rotatable bonds is 21. The van der Waals surface area contributed by atoms with E-state index in [-0.39, 0.29) is 5.82 Å². The van der Waals surface area contributed by atoms with E-state index in [9.17, 15) is 4.39 Å². The van der Waals surface area contributed by atoms with Crippen LogP contribution in [0, 0.1) is 5.82 Å². The van der Waals surface area contributed by atoms with E-state index in [1.807, 2.05) is 208 Å². The van der Waals surface area contributed by atoms with Crippen molar-refractivity contribution >= 4 is 196 Å². The molecule has 34 nitrogen and oxygen atoms in total. The number of hydrogen-bond acceptors (Lipinski definition) is 34. The van der Waals surface area contributed by atoms with Crippen LogP contribution in [0.3, 0.4) is 0 Å².